The summed E-state index contributed by atoms with van der Waals surface area (Å²) < 4.78 is 0. The number of carboxylic acid groups (broad SMARTS) is 1. The Morgan fingerprint density at radius 1 is 1.16 bits per heavy atom. The molecule has 5 heteroatoms. The summed E-state index contributed by atoms with van der Waals surface area (Å²) in [5.74, 6) is 0.171. The zero-order chi connectivity index (χ0) is 17.6. The quantitative estimate of drug-likeness (QED) is 0.868. The van der Waals surface area contributed by atoms with Gasteiger partial charge >= 0.3 is 12.0 Å². The van der Waals surface area contributed by atoms with Crippen molar-refractivity contribution in [3.05, 3.63) is 35.4 Å². The van der Waals surface area contributed by atoms with E-state index in [1.807, 2.05) is 0 Å². The van der Waals surface area contributed by atoms with Gasteiger partial charge in [0.15, 0.2) is 0 Å². The van der Waals surface area contributed by atoms with Crippen LogP contribution >= 0.6 is 0 Å². The van der Waals surface area contributed by atoms with E-state index in [1.54, 1.807) is 11.8 Å². The average molecular weight is 342 g/mol. The highest BCUT2D eigenvalue weighted by Crippen LogP contribution is 2.40. The van der Waals surface area contributed by atoms with Gasteiger partial charge in [-0.15, -0.1) is 0 Å². The lowest BCUT2D eigenvalue weighted by molar-refractivity contribution is -0.147. The fourth-order valence-corrected chi connectivity index (χ4v) is 4.93. The topological polar surface area (TPSA) is 69.6 Å². The Morgan fingerprint density at radius 3 is 2.28 bits per heavy atom. The Morgan fingerprint density at radius 2 is 1.76 bits per heavy atom. The summed E-state index contributed by atoms with van der Waals surface area (Å²) in [7, 11) is 0. The average Bonchev–Trinajstić information content (AvgIpc) is 3.09. The highest BCUT2D eigenvalue weighted by atomic mass is 16.4. The number of fused-ring (bicyclic) bond motifs is 3. The number of nitrogens with one attached hydrogen (secondary N) is 1. The van der Waals surface area contributed by atoms with Gasteiger partial charge in [0.2, 0.25) is 0 Å². The molecule has 5 nitrogen and oxygen atoms in total. The Balaban J connectivity index is 1.45. The summed E-state index contributed by atoms with van der Waals surface area (Å²) in [5, 5.41) is 12.6. The Labute approximate surface area is 148 Å². The first-order valence-corrected chi connectivity index (χ1v) is 9.32. The number of rotatable bonds is 2. The third kappa shape index (κ3) is 2.90. The van der Waals surface area contributed by atoms with E-state index in [2.05, 4.69) is 29.6 Å². The summed E-state index contributed by atoms with van der Waals surface area (Å²) in [6.07, 6.45) is 4.92. The summed E-state index contributed by atoms with van der Waals surface area (Å²) in [6, 6.07) is 8.75. The molecule has 1 heterocycles. The number of amides is 2. The highest BCUT2D eigenvalue weighted by Gasteiger charge is 2.44. The minimum atomic E-state index is -0.812. The monoisotopic (exact) mass is 342 g/mol. The van der Waals surface area contributed by atoms with Crippen LogP contribution in [0, 0.1) is 17.3 Å². The molecule has 0 radical (unpaired) electrons. The van der Waals surface area contributed by atoms with Crippen molar-refractivity contribution in [2.45, 2.75) is 45.1 Å². The van der Waals surface area contributed by atoms with Crippen molar-refractivity contribution in [3.8, 4) is 0 Å². The Kier molecular flexibility index (Phi) is 3.97. The largest absolute Gasteiger partial charge is 0.481 e. The molecule has 1 aromatic carbocycles. The first kappa shape index (κ1) is 16.4. The van der Waals surface area contributed by atoms with E-state index in [1.165, 1.54) is 11.1 Å². The van der Waals surface area contributed by atoms with Crippen LogP contribution in [0.3, 0.4) is 0 Å². The van der Waals surface area contributed by atoms with E-state index >= 15 is 0 Å². The van der Waals surface area contributed by atoms with Crippen molar-refractivity contribution in [1.29, 1.82) is 0 Å². The predicted molar refractivity (Wildman–Crippen MR) is 94.3 cm³/mol. The fourth-order valence-electron chi connectivity index (χ4n) is 4.93. The van der Waals surface area contributed by atoms with E-state index in [4.69, 9.17) is 0 Å². The molecule has 1 saturated carbocycles. The third-order valence-corrected chi connectivity index (χ3v) is 6.57. The molecule has 2 N–H and O–H groups in total. The van der Waals surface area contributed by atoms with Crippen molar-refractivity contribution >= 4 is 12.0 Å². The zero-order valence-corrected chi connectivity index (χ0v) is 14.7. The maximum absolute atomic E-state index is 12.7. The molecular weight excluding hydrogens is 316 g/mol. The highest BCUT2D eigenvalue weighted by molar-refractivity contribution is 5.79. The number of nitrogens with zero attached hydrogens (tertiary/aromatic N) is 1. The molecule has 4 rings (SSSR count). The SMILES string of the molecule is CC1(C(=O)O)CCN(C(=O)NC2C3CCC2Cc2ccccc2C3)C1. The minimum Gasteiger partial charge on any atom is -0.481 e. The van der Waals surface area contributed by atoms with Gasteiger partial charge in [0.25, 0.3) is 0 Å². The molecule has 25 heavy (non-hydrogen) atoms. The van der Waals surface area contributed by atoms with Crippen molar-refractivity contribution in [1.82, 2.24) is 10.2 Å². The Hall–Kier alpha value is -2.04. The van der Waals surface area contributed by atoms with Gasteiger partial charge in [0, 0.05) is 19.1 Å². The second-order valence-electron chi connectivity index (χ2n) is 8.29. The lowest BCUT2D eigenvalue weighted by Crippen LogP contribution is -2.48. The number of carbonyl (C=O) groups excluding carboxylic acids is 1. The van der Waals surface area contributed by atoms with Crippen molar-refractivity contribution in [3.63, 3.8) is 0 Å². The summed E-state index contributed by atoms with van der Waals surface area (Å²) in [4.78, 5) is 25.8. The molecule has 2 amide bonds. The van der Waals surface area contributed by atoms with Crippen LogP contribution in [0.2, 0.25) is 0 Å². The van der Waals surface area contributed by atoms with Crippen LogP contribution in [0.25, 0.3) is 0 Å². The van der Waals surface area contributed by atoms with Gasteiger partial charge < -0.3 is 15.3 Å². The number of urea groups is 1. The number of aliphatic carboxylic acids is 1. The van der Waals surface area contributed by atoms with Crippen LogP contribution in [-0.2, 0) is 17.6 Å². The van der Waals surface area contributed by atoms with E-state index in [0.717, 1.165) is 25.7 Å². The van der Waals surface area contributed by atoms with Gasteiger partial charge in [-0.3, -0.25) is 4.79 Å². The molecule has 3 atom stereocenters. The van der Waals surface area contributed by atoms with Gasteiger partial charge in [-0.1, -0.05) is 24.3 Å². The van der Waals surface area contributed by atoms with Crippen LogP contribution in [0.1, 0.15) is 37.3 Å². The summed E-state index contributed by atoms with van der Waals surface area (Å²) in [5.41, 5.74) is 2.04. The number of carboxylic acids is 1. The number of benzene rings is 1. The zero-order valence-electron chi connectivity index (χ0n) is 14.7. The van der Waals surface area contributed by atoms with Gasteiger partial charge in [0.1, 0.15) is 0 Å². The van der Waals surface area contributed by atoms with Gasteiger partial charge in [-0.05, 0) is 62.0 Å². The van der Waals surface area contributed by atoms with E-state index in [9.17, 15) is 14.7 Å². The van der Waals surface area contributed by atoms with Gasteiger partial charge in [-0.25, -0.2) is 4.79 Å². The number of carbonyl (C=O) groups is 2. The van der Waals surface area contributed by atoms with Crippen LogP contribution in [-0.4, -0.2) is 41.1 Å². The lowest BCUT2D eigenvalue weighted by atomic mass is 9.90. The van der Waals surface area contributed by atoms with Crippen LogP contribution in [0.4, 0.5) is 4.79 Å². The van der Waals surface area contributed by atoms with Crippen LogP contribution in [0.5, 0.6) is 0 Å². The molecule has 3 aliphatic rings. The van der Waals surface area contributed by atoms with Crippen molar-refractivity contribution < 1.29 is 14.7 Å². The minimum absolute atomic E-state index is 0.0853. The van der Waals surface area contributed by atoms with E-state index in [0.29, 0.717) is 31.3 Å². The van der Waals surface area contributed by atoms with Crippen LogP contribution < -0.4 is 5.32 Å². The van der Waals surface area contributed by atoms with E-state index < -0.39 is 11.4 Å². The molecule has 2 fully saturated rings. The van der Waals surface area contributed by atoms with Crippen molar-refractivity contribution in [2.75, 3.05) is 13.1 Å². The number of hydrogen-bond donors (Lipinski definition) is 2. The molecule has 1 aromatic rings. The molecule has 3 unspecified atom stereocenters. The van der Waals surface area contributed by atoms with Crippen molar-refractivity contribution in [2.24, 2.45) is 17.3 Å². The fraction of sp³-hybridized carbons (Fsp3) is 0.600. The maximum Gasteiger partial charge on any atom is 0.317 e. The summed E-state index contributed by atoms with van der Waals surface area (Å²) in [6.45, 7) is 2.56. The number of likely N-dealkylation sites (tertiary alicyclic amines) is 1. The number of hydrogen-bond acceptors (Lipinski definition) is 2. The second-order valence-corrected chi connectivity index (χ2v) is 8.29. The van der Waals surface area contributed by atoms with Gasteiger partial charge in [-0.2, -0.15) is 0 Å². The lowest BCUT2D eigenvalue weighted by Gasteiger charge is -2.27. The first-order valence-electron chi connectivity index (χ1n) is 9.32. The van der Waals surface area contributed by atoms with Gasteiger partial charge in [0.05, 0.1) is 5.41 Å². The molecule has 1 aliphatic heterocycles. The standard InChI is InChI=1S/C20H26N2O3/c1-20(18(23)24)8-9-22(12-20)19(25)21-17-15-6-7-16(17)11-14-5-3-2-4-13(14)10-15/h2-5,15-17H,6-12H2,1H3,(H,21,25)(H,23,24). The smallest absolute Gasteiger partial charge is 0.317 e. The molecule has 0 aromatic heterocycles. The van der Waals surface area contributed by atoms with E-state index in [-0.39, 0.29) is 12.1 Å². The normalized spacial score (nSPS) is 33.6. The molecule has 1 saturated heterocycles. The van der Waals surface area contributed by atoms with Crippen LogP contribution in [0.15, 0.2) is 24.3 Å². The third-order valence-electron chi connectivity index (χ3n) is 6.57. The molecule has 0 spiro atoms. The first-order chi connectivity index (χ1) is 12.0. The maximum atomic E-state index is 12.7. The molecule has 134 valence electrons. The molecular formula is C20H26N2O3. The Bertz CT molecular complexity index is 671. The molecule has 2 bridgehead atoms. The second kappa shape index (κ2) is 6.04. The predicted octanol–water partition coefficient (Wildman–Crippen LogP) is 2.69. The summed E-state index contributed by atoms with van der Waals surface area (Å²) >= 11 is 0. The molecule has 2 aliphatic carbocycles.